The number of amides is 1. The molecule has 3 rings (SSSR count). The lowest BCUT2D eigenvalue weighted by atomic mass is 10.2. The van der Waals surface area contributed by atoms with Gasteiger partial charge in [-0.05, 0) is 36.2 Å². The lowest BCUT2D eigenvalue weighted by molar-refractivity contribution is 0.101. The van der Waals surface area contributed by atoms with E-state index in [9.17, 15) is 4.79 Å². The summed E-state index contributed by atoms with van der Waals surface area (Å²) in [5.41, 5.74) is 1.96. The largest absolute Gasteiger partial charge is 0.361 e. The predicted molar refractivity (Wildman–Crippen MR) is 74.5 cm³/mol. The number of nitrogens with one attached hydrogen (secondary N) is 1. The second-order valence-electron chi connectivity index (χ2n) is 4.14. The SMILES string of the molecule is Cc1cc(C(=O)Nc2ccc(-c3cnns3)cc2)no1. The Bertz CT molecular complexity index is 719. The number of carbonyl (C=O) groups excluding carboxylic acids is 1. The summed E-state index contributed by atoms with van der Waals surface area (Å²) in [5.74, 6) is 0.303. The first-order valence-corrected chi connectivity index (χ1v) is 6.62. The monoisotopic (exact) mass is 286 g/mol. The molecule has 1 amide bonds. The van der Waals surface area contributed by atoms with Crippen LogP contribution in [0.3, 0.4) is 0 Å². The molecule has 7 heteroatoms. The molecule has 0 fully saturated rings. The van der Waals surface area contributed by atoms with E-state index < -0.39 is 0 Å². The van der Waals surface area contributed by atoms with Gasteiger partial charge in [0.1, 0.15) is 5.76 Å². The smallest absolute Gasteiger partial charge is 0.277 e. The van der Waals surface area contributed by atoms with Crippen molar-refractivity contribution in [3.05, 3.63) is 48.0 Å². The summed E-state index contributed by atoms with van der Waals surface area (Å²) in [6.45, 7) is 1.74. The first kappa shape index (κ1) is 12.5. The molecule has 1 aromatic carbocycles. The average molecular weight is 286 g/mol. The van der Waals surface area contributed by atoms with Gasteiger partial charge in [-0.25, -0.2) is 0 Å². The van der Waals surface area contributed by atoms with E-state index in [0.29, 0.717) is 11.4 Å². The Hall–Kier alpha value is -2.54. The number of hydrogen-bond donors (Lipinski definition) is 1. The zero-order valence-corrected chi connectivity index (χ0v) is 11.3. The van der Waals surface area contributed by atoms with E-state index in [1.807, 2.05) is 24.3 Å². The highest BCUT2D eigenvalue weighted by Crippen LogP contribution is 2.23. The first-order valence-electron chi connectivity index (χ1n) is 5.85. The van der Waals surface area contributed by atoms with Gasteiger partial charge >= 0.3 is 0 Å². The maximum Gasteiger partial charge on any atom is 0.277 e. The van der Waals surface area contributed by atoms with Gasteiger partial charge < -0.3 is 9.84 Å². The summed E-state index contributed by atoms with van der Waals surface area (Å²) < 4.78 is 8.68. The molecule has 0 aliphatic heterocycles. The Labute approximate surface area is 118 Å². The average Bonchev–Trinajstić information content (AvgIpc) is 3.10. The lowest BCUT2D eigenvalue weighted by Gasteiger charge is -2.03. The van der Waals surface area contributed by atoms with E-state index in [4.69, 9.17) is 4.52 Å². The summed E-state index contributed by atoms with van der Waals surface area (Å²) in [6, 6.07) is 9.03. The molecule has 0 radical (unpaired) electrons. The highest BCUT2D eigenvalue weighted by atomic mass is 32.1. The van der Waals surface area contributed by atoms with E-state index in [1.54, 1.807) is 19.2 Å². The number of carbonyl (C=O) groups is 1. The maximum absolute atomic E-state index is 11.9. The number of nitrogens with zero attached hydrogens (tertiary/aromatic N) is 3. The maximum atomic E-state index is 11.9. The molecule has 100 valence electrons. The molecule has 2 aromatic heterocycles. The lowest BCUT2D eigenvalue weighted by Crippen LogP contribution is -2.11. The molecule has 0 atom stereocenters. The van der Waals surface area contributed by atoms with Crippen LogP contribution in [0.25, 0.3) is 10.4 Å². The third-order valence-electron chi connectivity index (χ3n) is 2.65. The number of aromatic nitrogens is 3. The van der Waals surface area contributed by atoms with E-state index >= 15 is 0 Å². The fraction of sp³-hybridized carbons (Fsp3) is 0.0769. The van der Waals surface area contributed by atoms with Crippen molar-refractivity contribution >= 4 is 23.1 Å². The molecule has 0 saturated heterocycles. The van der Waals surface area contributed by atoms with Crippen molar-refractivity contribution in [3.8, 4) is 10.4 Å². The Balaban J connectivity index is 1.74. The second-order valence-corrected chi connectivity index (χ2v) is 4.92. The summed E-state index contributed by atoms with van der Waals surface area (Å²) in [5, 5.41) is 10.2. The summed E-state index contributed by atoms with van der Waals surface area (Å²) in [6.07, 6.45) is 1.70. The van der Waals surface area contributed by atoms with Crippen LogP contribution >= 0.6 is 11.5 Å². The van der Waals surface area contributed by atoms with Crippen molar-refractivity contribution in [2.24, 2.45) is 0 Å². The zero-order valence-electron chi connectivity index (χ0n) is 10.5. The van der Waals surface area contributed by atoms with Crippen LogP contribution in [0.4, 0.5) is 5.69 Å². The Morgan fingerprint density at radius 2 is 2.10 bits per heavy atom. The molecule has 1 N–H and O–H groups in total. The predicted octanol–water partition coefficient (Wildman–Crippen LogP) is 2.75. The standard InChI is InChI=1S/C13H10N4O2S/c1-8-6-11(16-19-8)13(18)15-10-4-2-9(3-5-10)12-7-14-17-20-12/h2-7H,1H3,(H,15,18). The van der Waals surface area contributed by atoms with Gasteiger partial charge in [-0.1, -0.05) is 21.8 Å². The molecule has 3 aromatic rings. The quantitative estimate of drug-likeness (QED) is 0.800. The number of hydrogen-bond acceptors (Lipinski definition) is 6. The zero-order chi connectivity index (χ0) is 13.9. The van der Waals surface area contributed by atoms with Gasteiger partial charge in [-0.15, -0.1) is 5.10 Å². The molecule has 0 bridgehead atoms. The van der Waals surface area contributed by atoms with Crippen molar-refractivity contribution < 1.29 is 9.32 Å². The molecule has 0 saturated carbocycles. The molecular weight excluding hydrogens is 276 g/mol. The molecular formula is C13H10N4O2S. The van der Waals surface area contributed by atoms with Crippen LogP contribution in [0.2, 0.25) is 0 Å². The molecule has 6 nitrogen and oxygen atoms in total. The third-order valence-corrected chi connectivity index (χ3v) is 3.36. The van der Waals surface area contributed by atoms with Gasteiger partial charge in [0.25, 0.3) is 5.91 Å². The van der Waals surface area contributed by atoms with Gasteiger partial charge in [-0.2, -0.15) is 0 Å². The Kier molecular flexibility index (Phi) is 3.26. The van der Waals surface area contributed by atoms with Crippen LogP contribution in [0.1, 0.15) is 16.2 Å². The number of anilines is 1. The van der Waals surface area contributed by atoms with Crippen molar-refractivity contribution in [2.45, 2.75) is 6.92 Å². The molecule has 0 spiro atoms. The topological polar surface area (TPSA) is 80.9 Å². The van der Waals surface area contributed by atoms with Crippen LogP contribution in [0.5, 0.6) is 0 Å². The minimum Gasteiger partial charge on any atom is -0.361 e. The van der Waals surface area contributed by atoms with E-state index in [2.05, 4.69) is 20.1 Å². The van der Waals surface area contributed by atoms with Gasteiger partial charge in [0.05, 0.1) is 11.1 Å². The normalized spacial score (nSPS) is 10.4. The van der Waals surface area contributed by atoms with Crippen molar-refractivity contribution in [1.29, 1.82) is 0 Å². The van der Waals surface area contributed by atoms with Gasteiger partial charge in [-0.3, -0.25) is 4.79 Å². The van der Waals surface area contributed by atoms with E-state index in [-0.39, 0.29) is 11.6 Å². The van der Waals surface area contributed by atoms with E-state index in [1.165, 1.54) is 11.5 Å². The highest BCUT2D eigenvalue weighted by molar-refractivity contribution is 7.09. The summed E-state index contributed by atoms with van der Waals surface area (Å²) in [4.78, 5) is 12.9. The highest BCUT2D eigenvalue weighted by Gasteiger charge is 2.11. The van der Waals surface area contributed by atoms with Crippen LogP contribution in [0, 0.1) is 6.92 Å². The molecule has 0 aliphatic carbocycles. The summed E-state index contributed by atoms with van der Waals surface area (Å²) >= 11 is 1.32. The molecule has 0 aliphatic rings. The number of benzene rings is 1. The number of aryl methyl sites for hydroxylation is 1. The van der Waals surface area contributed by atoms with Crippen molar-refractivity contribution in [3.63, 3.8) is 0 Å². The fourth-order valence-electron chi connectivity index (χ4n) is 1.68. The molecule has 0 unspecified atom stereocenters. The van der Waals surface area contributed by atoms with Crippen LogP contribution in [-0.2, 0) is 0 Å². The minimum absolute atomic E-state index is 0.262. The Morgan fingerprint density at radius 3 is 2.70 bits per heavy atom. The van der Waals surface area contributed by atoms with Crippen molar-refractivity contribution in [2.75, 3.05) is 5.32 Å². The van der Waals surface area contributed by atoms with Crippen LogP contribution < -0.4 is 5.32 Å². The minimum atomic E-state index is -0.297. The van der Waals surface area contributed by atoms with Gasteiger partial charge in [0.15, 0.2) is 5.69 Å². The number of rotatable bonds is 3. The molecule has 20 heavy (non-hydrogen) atoms. The van der Waals surface area contributed by atoms with E-state index in [0.717, 1.165) is 10.4 Å². The van der Waals surface area contributed by atoms with Crippen molar-refractivity contribution in [1.82, 2.24) is 14.7 Å². The first-order chi connectivity index (χ1) is 9.72. The Morgan fingerprint density at radius 1 is 1.30 bits per heavy atom. The fourth-order valence-corrected chi connectivity index (χ4v) is 2.20. The second kappa shape index (κ2) is 5.22. The van der Waals surface area contributed by atoms with Crippen LogP contribution in [-0.4, -0.2) is 20.7 Å². The third kappa shape index (κ3) is 2.57. The van der Waals surface area contributed by atoms with Gasteiger partial charge in [0, 0.05) is 11.8 Å². The molecule has 2 heterocycles. The van der Waals surface area contributed by atoms with Crippen LogP contribution in [0.15, 0.2) is 41.1 Å². The summed E-state index contributed by atoms with van der Waals surface area (Å²) in [7, 11) is 0. The van der Waals surface area contributed by atoms with Gasteiger partial charge in [0.2, 0.25) is 0 Å².